The summed E-state index contributed by atoms with van der Waals surface area (Å²) in [5.74, 6) is -0.489. The number of amides is 2. The van der Waals surface area contributed by atoms with E-state index < -0.39 is 29.1 Å². The van der Waals surface area contributed by atoms with Gasteiger partial charge in [-0.2, -0.15) is 0 Å². The number of rotatable bonds is 8. The standard InChI is InChI=1S/C21H29N3O7/c1-10(2)18-17(20(25)31-12(5)6)19(23-21(26)22-18)13-8-16(30-11(3)4)15(29-7)9-14(13)24(27)28/h8-12,19H,1-7H3,(H2,22,23,26). The highest BCUT2D eigenvalue weighted by atomic mass is 16.6. The lowest BCUT2D eigenvalue weighted by Gasteiger charge is -2.31. The normalized spacial score (nSPS) is 16.3. The van der Waals surface area contributed by atoms with Crippen LogP contribution in [0.15, 0.2) is 23.4 Å². The number of nitro groups is 1. The molecule has 2 N–H and O–H groups in total. The maximum absolute atomic E-state index is 13.0. The average molecular weight is 435 g/mol. The number of esters is 1. The minimum atomic E-state index is -1.11. The third kappa shape index (κ3) is 5.44. The quantitative estimate of drug-likeness (QED) is 0.362. The van der Waals surface area contributed by atoms with Gasteiger partial charge in [-0.1, -0.05) is 13.8 Å². The molecule has 1 aromatic carbocycles. The van der Waals surface area contributed by atoms with Gasteiger partial charge < -0.3 is 24.8 Å². The topological polar surface area (TPSA) is 129 Å². The fourth-order valence-corrected chi connectivity index (χ4v) is 3.24. The zero-order valence-corrected chi connectivity index (χ0v) is 18.8. The first-order chi connectivity index (χ1) is 14.5. The molecule has 1 aliphatic rings. The lowest BCUT2D eigenvalue weighted by Crippen LogP contribution is -2.47. The Morgan fingerprint density at radius 3 is 2.23 bits per heavy atom. The van der Waals surface area contributed by atoms with E-state index >= 15 is 0 Å². The molecular formula is C21H29N3O7. The number of nitrogens with zero attached hydrogens (tertiary/aromatic N) is 1. The van der Waals surface area contributed by atoms with Crippen molar-refractivity contribution in [3.05, 3.63) is 39.1 Å². The Bertz CT molecular complexity index is 906. The molecule has 10 nitrogen and oxygen atoms in total. The molecule has 1 unspecified atom stereocenters. The number of allylic oxidation sites excluding steroid dienone is 1. The zero-order valence-electron chi connectivity index (χ0n) is 18.8. The second-order valence-corrected chi connectivity index (χ2v) is 7.95. The summed E-state index contributed by atoms with van der Waals surface area (Å²) in [4.78, 5) is 36.6. The maximum atomic E-state index is 13.0. The molecule has 10 heteroatoms. The zero-order chi connectivity index (χ0) is 23.5. The fourth-order valence-electron chi connectivity index (χ4n) is 3.24. The molecule has 1 atom stereocenters. The van der Waals surface area contributed by atoms with Gasteiger partial charge in [0.2, 0.25) is 0 Å². The molecule has 1 aromatic rings. The number of benzene rings is 1. The first kappa shape index (κ1) is 24.0. The van der Waals surface area contributed by atoms with Gasteiger partial charge in [0.15, 0.2) is 11.5 Å². The monoisotopic (exact) mass is 435 g/mol. The van der Waals surface area contributed by atoms with Gasteiger partial charge in [0.25, 0.3) is 5.69 Å². The van der Waals surface area contributed by atoms with Crippen molar-refractivity contribution < 1.29 is 28.7 Å². The smallest absolute Gasteiger partial charge is 0.338 e. The van der Waals surface area contributed by atoms with Gasteiger partial charge in [0, 0.05) is 5.70 Å². The summed E-state index contributed by atoms with van der Waals surface area (Å²) >= 11 is 0. The molecule has 0 radical (unpaired) electrons. The van der Waals surface area contributed by atoms with Gasteiger partial charge in [0.1, 0.15) is 0 Å². The van der Waals surface area contributed by atoms with Crippen molar-refractivity contribution in [3.63, 3.8) is 0 Å². The van der Waals surface area contributed by atoms with Crippen LogP contribution in [0.4, 0.5) is 10.5 Å². The molecular weight excluding hydrogens is 406 g/mol. The Labute approximate surface area is 181 Å². The summed E-state index contributed by atoms with van der Waals surface area (Å²) < 4.78 is 16.4. The van der Waals surface area contributed by atoms with Crippen LogP contribution in [-0.4, -0.2) is 36.2 Å². The predicted molar refractivity (Wildman–Crippen MR) is 113 cm³/mol. The highest BCUT2D eigenvalue weighted by Crippen LogP contribution is 2.41. The highest BCUT2D eigenvalue weighted by Gasteiger charge is 2.39. The van der Waals surface area contributed by atoms with E-state index in [9.17, 15) is 19.7 Å². The lowest BCUT2D eigenvalue weighted by atomic mass is 9.90. The molecule has 0 aromatic heterocycles. The molecule has 0 aliphatic carbocycles. The molecule has 31 heavy (non-hydrogen) atoms. The van der Waals surface area contributed by atoms with Crippen LogP contribution in [0.5, 0.6) is 11.5 Å². The Kier molecular flexibility index (Phi) is 7.48. The Morgan fingerprint density at radius 1 is 1.10 bits per heavy atom. The van der Waals surface area contributed by atoms with E-state index in [1.165, 1.54) is 19.2 Å². The molecule has 2 rings (SSSR count). The van der Waals surface area contributed by atoms with Crippen LogP contribution >= 0.6 is 0 Å². The fraction of sp³-hybridized carbons (Fsp3) is 0.524. The van der Waals surface area contributed by atoms with Gasteiger partial charge >= 0.3 is 12.0 Å². The summed E-state index contributed by atoms with van der Waals surface area (Å²) in [7, 11) is 1.38. The summed E-state index contributed by atoms with van der Waals surface area (Å²) in [6, 6.07) is 0.958. The lowest BCUT2D eigenvalue weighted by molar-refractivity contribution is -0.385. The van der Waals surface area contributed by atoms with Crippen LogP contribution in [-0.2, 0) is 9.53 Å². The van der Waals surface area contributed by atoms with Crippen molar-refractivity contribution >= 4 is 17.7 Å². The molecule has 0 spiro atoms. The number of urea groups is 1. The number of carbonyl (C=O) groups excluding carboxylic acids is 2. The largest absolute Gasteiger partial charge is 0.493 e. The van der Waals surface area contributed by atoms with Gasteiger partial charge in [-0.3, -0.25) is 10.1 Å². The first-order valence-electron chi connectivity index (χ1n) is 10.0. The van der Waals surface area contributed by atoms with E-state index in [0.29, 0.717) is 5.70 Å². The van der Waals surface area contributed by atoms with Crippen LogP contribution < -0.4 is 20.1 Å². The number of hydrogen-bond donors (Lipinski definition) is 2. The average Bonchev–Trinajstić information content (AvgIpc) is 2.65. The number of nitro benzene ring substituents is 1. The number of methoxy groups -OCH3 is 1. The number of ether oxygens (including phenoxy) is 3. The van der Waals surface area contributed by atoms with Gasteiger partial charge in [-0.25, -0.2) is 9.59 Å². The Morgan fingerprint density at radius 2 is 1.74 bits per heavy atom. The first-order valence-corrected chi connectivity index (χ1v) is 10.0. The van der Waals surface area contributed by atoms with Crippen LogP contribution in [0.2, 0.25) is 0 Å². The van der Waals surface area contributed by atoms with E-state index in [0.717, 1.165) is 0 Å². The summed E-state index contributed by atoms with van der Waals surface area (Å²) in [5.41, 5.74) is 0.214. The van der Waals surface area contributed by atoms with Crippen molar-refractivity contribution in [2.75, 3.05) is 7.11 Å². The molecule has 0 saturated heterocycles. The van der Waals surface area contributed by atoms with Crippen molar-refractivity contribution in [3.8, 4) is 11.5 Å². The summed E-state index contributed by atoms with van der Waals surface area (Å²) in [6.45, 7) is 10.6. The second kappa shape index (κ2) is 9.67. The summed E-state index contributed by atoms with van der Waals surface area (Å²) in [6.07, 6.45) is -0.657. The minimum absolute atomic E-state index is 0.0881. The number of hydrogen-bond acceptors (Lipinski definition) is 7. The maximum Gasteiger partial charge on any atom is 0.338 e. The third-order valence-electron chi connectivity index (χ3n) is 4.43. The van der Waals surface area contributed by atoms with Crippen LogP contribution in [0, 0.1) is 16.0 Å². The number of carbonyl (C=O) groups is 2. The minimum Gasteiger partial charge on any atom is -0.493 e. The van der Waals surface area contributed by atoms with Crippen molar-refractivity contribution in [1.82, 2.24) is 10.6 Å². The molecule has 0 fully saturated rings. The van der Waals surface area contributed by atoms with Crippen LogP contribution in [0.25, 0.3) is 0 Å². The Hall–Kier alpha value is -3.30. The molecule has 170 valence electrons. The Balaban J connectivity index is 2.79. The molecule has 0 saturated carbocycles. The molecule has 0 bridgehead atoms. The van der Waals surface area contributed by atoms with Gasteiger partial charge in [-0.05, 0) is 39.7 Å². The molecule has 1 aliphatic heterocycles. The van der Waals surface area contributed by atoms with Crippen molar-refractivity contribution in [1.29, 1.82) is 0 Å². The van der Waals surface area contributed by atoms with Gasteiger partial charge in [-0.15, -0.1) is 0 Å². The van der Waals surface area contributed by atoms with Crippen molar-refractivity contribution in [2.45, 2.75) is 59.8 Å². The third-order valence-corrected chi connectivity index (χ3v) is 4.43. The van der Waals surface area contributed by atoms with E-state index in [2.05, 4.69) is 10.6 Å². The van der Waals surface area contributed by atoms with Crippen LogP contribution in [0.3, 0.4) is 0 Å². The van der Waals surface area contributed by atoms with Crippen molar-refractivity contribution in [2.24, 2.45) is 5.92 Å². The second-order valence-electron chi connectivity index (χ2n) is 7.95. The summed E-state index contributed by atoms with van der Waals surface area (Å²) in [5, 5.41) is 17.1. The van der Waals surface area contributed by atoms with Crippen LogP contribution in [0.1, 0.15) is 53.1 Å². The molecule has 1 heterocycles. The van der Waals surface area contributed by atoms with E-state index in [1.54, 1.807) is 41.5 Å². The molecule has 2 amide bonds. The number of nitrogens with one attached hydrogen (secondary N) is 2. The van der Waals surface area contributed by atoms with Gasteiger partial charge in [0.05, 0.1) is 47.5 Å². The predicted octanol–water partition coefficient (Wildman–Crippen LogP) is 3.61. The SMILES string of the molecule is COc1cc([N+](=O)[O-])c(C2NC(=O)NC(C(C)C)=C2C(=O)OC(C)C)cc1OC(C)C. The van der Waals surface area contributed by atoms with E-state index in [1.807, 2.05) is 0 Å². The van der Waals surface area contributed by atoms with E-state index in [4.69, 9.17) is 14.2 Å². The highest BCUT2D eigenvalue weighted by molar-refractivity contribution is 5.95. The van der Waals surface area contributed by atoms with E-state index in [-0.39, 0.29) is 40.3 Å².